The van der Waals surface area contributed by atoms with Gasteiger partial charge in [0.15, 0.2) is 11.2 Å². The lowest BCUT2D eigenvalue weighted by atomic mass is 9.69. The molecule has 0 N–H and O–H groups in total. The molecule has 0 aliphatic heterocycles. The van der Waals surface area contributed by atoms with Crippen LogP contribution in [0.4, 0.5) is 34.1 Å². The van der Waals surface area contributed by atoms with Crippen molar-refractivity contribution in [1.29, 1.82) is 0 Å². The van der Waals surface area contributed by atoms with Crippen molar-refractivity contribution in [1.82, 2.24) is 0 Å². The minimum absolute atomic E-state index is 0.121. The van der Waals surface area contributed by atoms with Crippen LogP contribution in [0.5, 0.6) is 0 Å². The van der Waals surface area contributed by atoms with Gasteiger partial charge in [0.1, 0.15) is 11.2 Å². The van der Waals surface area contributed by atoms with Crippen LogP contribution in [0.2, 0.25) is 6.55 Å². The summed E-state index contributed by atoms with van der Waals surface area (Å²) in [5.41, 5.74) is 32.8. The number of para-hydroxylation sites is 5. The minimum Gasteiger partial charge on any atom is -0.454 e. The third kappa shape index (κ3) is 6.92. The molecule has 13 aromatic rings. The van der Waals surface area contributed by atoms with Crippen molar-refractivity contribution in [2.45, 2.75) is 64.3 Å². The number of rotatable bonds is 7. The molecule has 1 atom stereocenters. The molecule has 5 heteroatoms. The predicted molar refractivity (Wildman–Crippen MR) is 359 cm³/mol. The van der Waals surface area contributed by atoms with Gasteiger partial charge in [-0.25, -0.2) is 0 Å². The van der Waals surface area contributed by atoms with E-state index in [1.807, 2.05) is 0 Å². The molecule has 406 valence electrons. The smallest absolute Gasteiger partial charge is 0.159 e. The first kappa shape index (κ1) is 49.7. The first-order valence-electron chi connectivity index (χ1n) is 30.0. The molecule has 1 unspecified atom stereocenters. The van der Waals surface area contributed by atoms with Gasteiger partial charge in [-0.3, -0.25) is 0 Å². The zero-order chi connectivity index (χ0) is 57.3. The highest BCUT2D eigenvalue weighted by atomic mass is 28.2. The number of hydrogen-bond acceptors (Lipinski definition) is 4. The summed E-state index contributed by atoms with van der Waals surface area (Å²) in [6, 6.07) is 79.9. The standard InChI is InChI=1S/C80H60N2O2Si/c1-78(2,3)65-32-16-26-57-59-28-18-34-70(76(59)83-74(57)65)81(47-20-9-8-10-21-47)49-38-42-54-55-43-39-50(82(48-36-40-51(85-7)41-37-48)71-35-19-29-60-58-27-17-33-66(79(4,5)6)75(58)84-77(60)71)45-68(55)80(67(54)44-49)64-31-14-13-24-61(64)73-62-30-15-25-56-52-22-11-12-23-53(52)63(72(56)62)46-69(73)80/h8-10,13-46H,85H2,1-7H3. The van der Waals surface area contributed by atoms with E-state index in [0.29, 0.717) is 0 Å². The lowest BCUT2D eigenvalue weighted by Gasteiger charge is -2.33. The van der Waals surface area contributed by atoms with E-state index in [1.54, 1.807) is 0 Å². The van der Waals surface area contributed by atoms with Gasteiger partial charge in [0.05, 0.1) is 26.3 Å². The number of hydrogen-bond donors (Lipinski definition) is 0. The lowest BCUT2D eigenvalue weighted by molar-refractivity contribution is 0.572. The quantitative estimate of drug-likeness (QED) is 0.118. The van der Waals surface area contributed by atoms with Crippen molar-refractivity contribution in [3.63, 3.8) is 0 Å². The molecule has 1 spiro atoms. The molecule has 0 radical (unpaired) electrons. The Morgan fingerprint density at radius 3 is 1.41 bits per heavy atom. The van der Waals surface area contributed by atoms with Crippen molar-refractivity contribution in [3.8, 4) is 22.3 Å². The van der Waals surface area contributed by atoms with Gasteiger partial charge < -0.3 is 18.6 Å². The summed E-state index contributed by atoms with van der Waals surface area (Å²) in [4.78, 5) is 4.88. The van der Waals surface area contributed by atoms with Crippen LogP contribution in [0.15, 0.2) is 245 Å². The summed E-state index contributed by atoms with van der Waals surface area (Å²) >= 11 is 0. The molecular formula is C80H60N2O2Si. The van der Waals surface area contributed by atoms with E-state index in [-0.39, 0.29) is 10.8 Å². The molecule has 17 rings (SSSR count). The lowest BCUT2D eigenvalue weighted by Crippen LogP contribution is -2.27. The van der Waals surface area contributed by atoms with Crippen LogP contribution in [-0.4, -0.2) is 9.52 Å². The predicted octanol–water partition coefficient (Wildman–Crippen LogP) is 20.5. The summed E-state index contributed by atoms with van der Waals surface area (Å²) in [7, 11) is -0.403. The van der Waals surface area contributed by atoms with Crippen LogP contribution in [0.25, 0.3) is 88.0 Å². The maximum atomic E-state index is 7.26. The van der Waals surface area contributed by atoms with Crippen molar-refractivity contribution in [2.24, 2.45) is 0 Å². The molecule has 11 aromatic carbocycles. The highest BCUT2D eigenvalue weighted by Gasteiger charge is 2.53. The van der Waals surface area contributed by atoms with Crippen molar-refractivity contribution in [2.75, 3.05) is 9.80 Å². The molecule has 4 aliphatic carbocycles. The summed E-state index contributed by atoms with van der Waals surface area (Å²) in [6.07, 6.45) is 4.27. The Balaban J connectivity index is 0.963. The molecular weight excluding hydrogens is 1050 g/mol. The monoisotopic (exact) mass is 1110 g/mol. The van der Waals surface area contributed by atoms with Crippen LogP contribution < -0.4 is 15.0 Å². The average Bonchev–Trinajstić information content (AvgIpc) is 1.50. The Bertz CT molecular complexity index is 5220. The Labute approximate surface area is 497 Å². The van der Waals surface area contributed by atoms with Gasteiger partial charge in [0.2, 0.25) is 0 Å². The fourth-order valence-electron chi connectivity index (χ4n) is 15.1. The van der Waals surface area contributed by atoms with E-state index in [2.05, 4.69) is 294 Å². The van der Waals surface area contributed by atoms with E-state index < -0.39 is 14.9 Å². The topological polar surface area (TPSA) is 32.8 Å². The van der Waals surface area contributed by atoms with E-state index in [9.17, 15) is 0 Å². The van der Waals surface area contributed by atoms with E-state index in [1.165, 1.54) is 93.9 Å². The second kappa shape index (κ2) is 17.8. The number of furan rings is 2. The first-order valence-corrected chi connectivity index (χ1v) is 32.1. The molecule has 0 saturated carbocycles. The normalized spacial score (nSPS) is 15.4. The summed E-state index contributed by atoms with van der Waals surface area (Å²) in [6.45, 7) is 16.0. The highest BCUT2D eigenvalue weighted by Crippen LogP contribution is 2.66. The first-order chi connectivity index (χ1) is 41.4. The van der Waals surface area contributed by atoms with Crippen molar-refractivity contribution in [3.05, 3.63) is 280 Å². The van der Waals surface area contributed by atoms with Crippen LogP contribution in [0.3, 0.4) is 0 Å². The number of nitrogens with zero attached hydrogens (tertiary/aromatic N) is 2. The molecule has 0 amide bonds. The second-order valence-electron chi connectivity index (χ2n) is 25.6. The largest absolute Gasteiger partial charge is 0.454 e. The van der Waals surface area contributed by atoms with Crippen LogP contribution in [0.1, 0.15) is 86.1 Å². The molecule has 4 aliphatic rings. The van der Waals surface area contributed by atoms with Crippen molar-refractivity contribution < 1.29 is 8.83 Å². The zero-order valence-electron chi connectivity index (χ0n) is 48.8. The fourth-order valence-corrected chi connectivity index (χ4v) is 15.8. The van der Waals surface area contributed by atoms with Gasteiger partial charge in [0, 0.05) is 55.4 Å². The number of allylic oxidation sites excluding steroid dienone is 4. The van der Waals surface area contributed by atoms with Crippen LogP contribution in [-0.2, 0) is 16.2 Å². The second-order valence-corrected chi connectivity index (χ2v) is 27.2. The van der Waals surface area contributed by atoms with E-state index in [4.69, 9.17) is 8.83 Å². The van der Waals surface area contributed by atoms with Gasteiger partial charge in [-0.1, -0.05) is 210 Å². The molecule has 0 bridgehead atoms. The molecule has 85 heavy (non-hydrogen) atoms. The summed E-state index contributed by atoms with van der Waals surface area (Å²) in [5.74, 6) is 0. The average molecular weight is 1110 g/mol. The minimum atomic E-state index is -0.775. The van der Waals surface area contributed by atoms with Gasteiger partial charge in [0.25, 0.3) is 0 Å². The van der Waals surface area contributed by atoms with Gasteiger partial charge in [-0.15, -0.1) is 0 Å². The zero-order valence-corrected chi connectivity index (χ0v) is 50.2. The molecule has 4 nitrogen and oxygen atoms in total. The van der Waals surface area contributed by atoms with Gasteiger partial charge in [-0.05, 0) is 167 Å². The summed E-state index contributed by atoms with van der Waals surface area (Å²) in [5, 5.41) is 8.43. The highest BCUT2D eigenvalue weighted by molar-refractivity contribution is 6.51. The van der Waals surface area contributed by atoms with E-state index >= 15 is 0 Å². The molecule has 0 saturated heterocycles. The number of benzene rings is 11. The Morgan fingerprint density at radius 2 is 0.847 bits per heavy atom. The third-order valence-corrected chi connectivity index (χ3v) is 20.2. The Kier molecular flexibility index (Phi) is 10.4. The van der Waals surface area contributed by atoms with E-state index in [0.717, 1.165) is 78.0 Å². The van der Waals surface area contributed by atoms with Crippen molar-refractivity contribution >= 4 is 115 Å². The van der Waals surface area contributed by atoms with Crippen LogP contribution >= 0.6 is 0 Å². The van der Waals surface area contributed by atoms with Gasteiger partial charge in [-0.2, -0.15) is 0 Å². The number of anilines is 6. The molecule has 2 heterocycles. The molecule has 2 aromatic heterocycles. The SMILES string of the molecule is C[SiH2]c1ccc(N(c2ccc3c(c2)C2(c4cc(N(c5ccccc5)c5cccc6c5oc5c(C(C)(C)C)cccc56)ccc4-3)c3ccccc3-c3c2cc2c4c(cccc34)C3=C2C=C=C=C3)c2cccc3c2oc2c(C(C)(C)C)cccc23)cc1. The maximum Gasteiger partial charge on any atom is 0.159 e. The third-order valence-electron chi connectivity index (χ3n) is 18.9. The summed E-state index contributed by atoms with van der Waals surface area (Å²) < 4.78 is 14.5. The Morgan fingerprint density at radius 1 is 0.376 bits per heavy atom. The Hall–Kier alpha value is -9.86. The number of fused-ring (bicyclic) bond motifs is 19. The van der Waals surface area contributed by atoms with Gasteiger partial charge >= 0.3 is 0 Å². The molecule has 0 fully saturated rings. The van der Waals surface area contributed by atoms with Crippen LogP contribution in [0, 0.1) is 0 Å². The fraction of sp³-hybridized carbons (Fsp3) is 0.125. The maximum absolute atomic E-state index is 7.26.